The van der Waals surface area contributed by atoms with Crippen LogP contribution in [0.15, 0.2) is 60.9 Å². The van der Waals surface area contributed by atoms with Crippen molar-refractivity contribution in [1.82, 2.24) is 39.6 Å². The zero-order valence-corrected chi connectivity index (χ0v) is 31.7. The summed E-state index contributed by atoms with van der Waals surface area (Å²) in [6, 6.07) is 13.4. The number of aromatic hydroxyl groups is 2. The minimum absolute atomic E-state index is 0.0121. The van der Waals surface area contributed by atoms with Crippen LogP contribution in [0.5, 0.6) is 11.5 Å². The number of hydrogen-bond acceptors (Lipinski definition) is 13. The van der Waals surface area contributed by atoms with Crippen LogP contribution in [0.3, 0.4) is 0 Å². The van der Waals surface area contributed by atoms with Crippen molar-refractivity contribution in [2.45, 2.75) is 39.4 Å². The van der Waals surface area contributed by atoms with Gasteiger partial charge in [0.1, 0.15) is 17.3 Å². The first-order valence-corrected chi connectivity index (χ1v) is 18.9. The molecule has 2 aromatic heterocycles. The number of benzene rings is 3. The van der Waals surface area contributed by atoms with Crippen molar-refractivity contribution in [3.8, 4) is 34.3 Å². The van der Waals surface area contributed by atoms with Gasteiger partial charge in [-0.25, -0.2) is 19.3 Å². The van der Waals surface area contributed by atoms with Gasteiger partial charge in [0.15, 0.2) is 11.6 Å². The molecule has 4 N–H and O–H groups in total. The SMILES string of the molecule is CC(C)c1cc(C(=O)N2Cc3ccc(CN4CCN(C(=O)c5ccc(-c6nc(-c7cnc(N)nc7)nc(N7CCOCC7)n6)c(F)c5)CC4)cc3C2)c(O)cc1O. The van der Waals surface area contributed by atoms with E-state index in [-0.39, 0.29) is 63.5 Å². The van der Waals surface area contributed by atoms with E-state index < -0.39 is 5.82 Å². The first-order valence-electron chi connectivity index (χ1n) is 18.9. The molecule has 15 nitrogen and oxygen atoms in total. The number of fused-ring (bicyclic) bond motifs is 1. The Balaban J connectivity index is 0.905. The van der Waals surface area contributed by atoms with Gasteiger partial charge in [0.25, 0.3) is 11.8 Å². The van der Waals surface area contributed by atoms with Crippen molar-refractivity contribution in [3.63, 3.8) is 0 Å². The topological polar surface area (TPSA) is 187 Å². The minimum atomic E-state index is -0.629. The van der Waals surface area contributed by atoms with E-state index in [9.17, 15) is 19.8 Å². The Morgan fingerprint density at radius 3 is 2.25 bits per heavy atom. The van der Waals surface area contributed by atoms with E-state index in [1.807, 2.05) is 24.8 Å². The van der Waals surface area contributed by atoms with Gasteiger partial charge in [-0.15, -0.1) is 0 Å². The Morgan fingerprint density at radius 2 is 1.53 bits per heavy atom. The number of carbonyl (C=O) groups excluding carboxylic acids is 2. The molecule has 0 saturated carbocycles. The fourth-order valence-corrected chi connectivity index (χ4v) is 7.44. The molecule has 3 aromatic carbocycles. The van der Waals surface area contributed by atoms with E-state index in [2.05, 4.69) is 42.0 Å². The highest BCUT2D eigenvalue weighted by molar-refractivity contribution is 5.98. The van der Waals surface area contributed by atoms with Gasteiger partial charge in [-0.1, -0.05) is 32.0 Å². The lowest BCUT2D eigenvalue weighted by atomic mass is 9.98. The lowest BCUT2D eigenvalue weighted by Gasteiger charge is -2.35. The number of amides is 2. The fourth-order valence-electron chi connectivity index (χ4n) is 7.44. The number of nitrogens with two attached hydrogens (primary N) is 1. The molecule has 294 valence electrons. The first kappa shape index (κ1) is 37.7. The number of nitrogens with zero attached hydrogens (tertiary/aromatic N) is 9. The number of piperazine rings is 1. The second-order valence-corrected chi connectivity index (χ2v) is 14.8. The molecule has 57 heavy (non-hydrogen) atoms. The summed E-state index contributed by atoms with van der Waals surface area (Å²) in [6.07, 6.45) is 3.00. The van der Waals surface area contributed by atoms with Gasteiger partial charge in [-0.05, 0) is 52.4 Å². The number of phenolic OH excluding ortho intramolecular Hbond substituents is 2. The molecule has 5 heterocycles. The molecular formula is C41H43FN10O5. The molecule has 8 rings (SSSR count). The lowest BCUT2D eigenvalue weighted by Crippen LogP contribution is -2.48. The van der Waals surface area contributed by atoms with Crippen molar-refractivity contribution >= 4 is 23.7 Å². The van der Waals surface area contributed by atoms with Crippen LogP contribution in [-0.4, -0.2) is 114 Å². The van der Waals surface area contributed by atoms with Crippen molar-refractivity contribution < 1.29 is 28.9 Å². The average molecular weight is 775 g/mol. The lowest BCUT2D eigenvalue weighted by molar-refractivity contribution is 0.0627. The molecule has 16 heteroatoms. The second-order valence-electron chi connectivity index (χ2n) is 14.8. The maximum atomic E-state index is 15.9. The maximum absolute atomic E-state index is 15.9. The van der Waals surface area contributed by atoms with E-state index in [0.29, 0.717) is 89.2 Å². The summed E-state index contributed by atoms with van der Waals surface area (Å²) in [5, 5.41) is 20.7. The van der Waals surface area contributed by atoms with Crippen LogP contribution in [0.4, 0.5) is 16.3 Å². The van der Waals surface area contributed by atoms with Crippen LogP contribution >= 0.6 is 0 Å². The van der Waals surface area contributed by atoms with E-state index in [0.717, 1.165) is 16.7 Å². The van der Waals surface area contributed by atoms with E-state index in [1.165, 1.54) is 30.6 Å². The molecular weight excluding hydrogens is 732 g/mol. The Hall–Kier alpha value is -6.26. The minimum Gasteiger partial charge on any atom is -0.508 e. The molecule has 2 saturated heterocycles. The summed E-state index contributed by atoms with van der Waals surface area (Å²) in [4.78, 5) is 56.6. The van der Waals surface area contributed by atoms with Gasteiger partial charge in [0.05, 0.1) is 29.9 Å². The third-order valence-electron chi connectivity index (χ3n) is 10.6. The molecule has 0 radical (unpaired) electrons. The molecule has 3 aliphatic heterocycles. The molecule has 2 amide bonds. The molecule has 0 spiro atoms. The standard InChI is InChI=1S/C41H43FN10O5/c1-24(2)31-17-32(35(54)18-34(31)53)39(56)52-22-27-4-3-25(15-28(27)23-52)21-49-7-9-50(10-8-49)38(55)26-5-6-30(33(42)16-26)37-46-36(29-19-44-40(43)45-20-29)47-41(48-37)51-11-13-57-14-12-51/h3-6,15-20,24,53-54H,7-14,21-23H2,1-2H3,(H2,43,44,45). The quantitative estimate of drug-likeness (QED) is 0.204. The number of morpholine rings is 1. The predicted molar refractivity (Wildman–Crippen MR) is 209 cm³/mol. The average Bonchev–Trinajstić information content (AvgIpc) is 3.65. The van der Waals surface area contributed by atoms with Crippen LogP contribution in [-0.2, 0) is 24.4 Å². The van der Waals surface area contributed by atoms with E-state index in [1.54, 1.807) is 21.9 Å². The number of nitrogen functional groups attached to an aromatic ring is 1. The number of halogens is 1. The summed E-state index contributed by atoms with van der Waals surface area (Å²) in [7, 11) is 0. The number of carbonyl (C=O) groups is 2. The first-order chi connectivity index (χ1) is 27.5. The highest BCUT2D eigenvalue weighted by Gasteiger charge is 2.29. The van der Waals surface area contributed by atoms with Crippen LogP contribution in [0.1, 0.15) is 62.7 Å². The summed E-state index contributed by atoms with van der Waals surface area (Å²) >= 11 is 0. The molecule has 0 unspecified atom stereocenters. The number of anilines is 2. The smallest absolute Gasteiger partial charge is 0.258 e. The van der Waals surface area contributed by atoms with Crippen LogP contribution in [0.2, 0.25) is 0 Å². The Bertz CT molecular complexity index is 2330. The van der Waals surface area contributed by atoms with Crippen molar-refractivity contribution in [2.75, 3.05) is 63.1 Å². The number of phenols is 2. The number of hydrogen-bond donors (Lipinski definition) is 3. The Labute approximate surface area is 328 Å². The fraction of sp³-hybridized carbons (Fsp3) is 0.341. The van der Waals surface area contributed by atoms with Crippen LogP contribution in [0.25, 0.3) is 22.8 Å². The van der Waals surface area contributed by atoms with Crippen molar-refractivity contribution in [3.05, 3.63) is 100 Å². The normalized spacial score (nSPS) is 16.0. The summed E-state index contributed by atoms with van der Waals surface area (Å²) in [5.41, 5.74) is 10.5. The molecule has 0 atom stereocenters. The predicted octanol–water partition coefficient (Wildman–Crippen LogP) is 4.20. The highest BCUT2D eigenvalue weighted by atomic mass is 19.1. The van der Waals surface area contributed by atoms with Gasteiger partial charge in [0, 0.05) is 82.9 Å². The van der Waals surface area contributed by atoms with E-state index in [4.69, 9.17) is 10.5 Å². The second kappa shape index (κ2) is 15.7. The van der Waals surface area contributed by atoms with Crippen molar-refractivity contribution in [2.24, 2.45) is 0 Å². The Morgan fingerprint density at radius 1 is 0.807 bits per heavy atom. The molecule has 2 fully saturated rings. The summed E-state index contributed by atoms with van der Waals surface area (Å²) in [6.45, 7) is 9.73. The number of ether oxygens (including phenoxy) is 1. The zero-order valence-electron chi connectivity index (χ0n) is 31.7. The highest BCUT2D eigenvalue weighted by Crippen LogP contribution is 2.35. The summed E-state index contributed by atoms with van der Waals surface area (Å²) in [5.74, 6) is -0.594. The third kappa shape index (κ3) is 7.91. The Kier molecular flexibility index (Phi) is 10.4. The van der Waals surface area contributed by atoms with Crippen LogP contribution in [0, 0.1) is 5.82 Å². The summed E-state index contributed by atoms with van der Waals surface area (Å²) < 4.78 is 21.3. The van der Waals surface area contributed by atoms with Gasteiger partial charge in [-0.3, -0.25) is 14.5 Å². The number of aromatic nitrogens is 5. The zero-order chi connectivity index (χ0) is 39.8. The van der Waals surface area contributed by atoms with Gasteiger partial charge in [0.2, 0.25) is 11.9 Å². The number of rotatable bonds is 8. The molecule has 0 bridgehead atoms. The van der Waals surface area contributed by atoms with E-state index >= 15 is 4.39 Å². The molecule has 3 aliphatic rings. The van der Waals surface area contributed by atoms with Gasteiger partial charge < -0.3 is 35.4 Å². The molecule has 5 aromatic rings. The monoisotopic (exact) mass is 774 g/mol. The van der Waals surface area contributed by atoms with Crippen LogP contribution < -0.4 is 10.6 Å². The van der Waals surface area contributed by atoms with Crippen molar-refractivity contribution in [1.29, 1.82) is 0 Å². The van der Waals surface area contributed by atoms with Gasteiger partial charge >= 0.3 is 0 Å². The largest absolute Gasteiger partial charge is 0.508 e. The third-order valence-corrected chi connectivity index (χ3v) is 10.6. The molecule has 0 aliphatic carbocycles. The van der Waals surface area contributed by atoms with Gasteiger partial charge in [-0.2, -0.15) is 9.97 Å². The maximum Gasteiger partial charge on any atom is 0.258 e.